The lowest BCUT2D eigenvalue weighted by molar-refractivity contribution is 0.0387. The van der Waals surface area contributed by atoms with Crippen LogP contribution in [0.3, 0.4) is 0 Å². The average molecular weight is 492 g/mol. The van der Waals surface area contributed by atoms with Crippen LogP contribution in [-0.2, 0) is 6.42 Å². The number of hydrogen-bond acceptors (Lipinski definition) is 5. The summed E-state index contributed by atoms with van der Waals surface area (Å²) in [7, 11) is 0. The fourth-order valence-corrected chi connectivity index (χ4v) is 6.21. The minimum atomic E-state index is -0.294. The molecular weight excluding hydrogens is 461 g/mol. The second kappa shape index (κ2) is 9.90. The predicted octanol–water partition coefficient (Wildman–Crippen LogP) is 6.91. The number of oxazole rings is 1. The van der Waals surface area contributed by atoms with Gasteiger partial charge in [0.1, 0.15) is 17.0 Å². The predicted molar refractivity (Wildman–Crippen MR) is 137 cm³/mol. The SMILES string of the molecule is Cc1nc(C(=O)N2CCC[C@@H](C(C)C)[C@H]2CCc2nc3ccccc3o2)c(-c2ccc(F)cc2)s1. The van der Waals surface area contributed by atoms with Crippen molar-refractivity contribution in [2.45, 2.75) is 52.5 Å². The van der Waals surface area contributed by atoms with Crippen molar-refractivity contribution in [2.75, 3.05) is 6.54 Å². The van der Waals surface area contributed by atoms with E-state index in [0.717, 1.165) is 45.8 Å². The quantitative estimate of drug-likeness (QED) is 0.294. The molecule has 1 amide bonds. The molecule has 0 unspecified atom stereocenters. The molecular formula is C28H30FN3O2S. The molecule has 1 aliphatic rings. The molecule has 1 saturated heterocycles. The first-order valence-corrected chi connectivity index (χ1v) is 13.1. The lowest BCUT2D eigenvalue weighted by atomic mass is 9.79. The average Bonchev–Trinajstić information content (AvgIpc) is 3.45. The topological polar surface area (TPSA) is 59.2 Å². The van der Waals surface area contributed by atoms with Gasteiger partial charge in [0.2, 0.25) is 0 Å². The molecule has 1 aliphatic heterocycles. The Kier molecular flexibility index (Phi) is 6.69. The smallest absolute Gasteiger partial charge is 0.274 e. The zero-order valence-electron chi connectivity index (χ0n) is 20.3. The van der Waals surface area contributed by atoms with Gasteiger partial charge in [-0.05, 0) is 67.9 Å². The third kappa shape index (κ3) is 4.87. The highest BCUT2D eigenvalue weighted by atomic mass is 32.1. The number of fused-ring (bicyclic) bond motifs is 1. The fourth-order valence-electron chi connectivity index (χ4n) is 5.29. The van der Waals surface area contributed by atoms with E-state index in [4.69, 9.17) is 4.42 Å². The van der Waals surface area contributed by atoms with E-state index >= 15 is 0 Å². The minimum absolute atomic E-state index is 0.0402. The Hall–Kier alpha value is -3.06. The second-order valence-corrected chi connectivity index (χ2v) is 10.9. The number of carbonyl (C=O) groups excluding carboxylic acids is 1. The Morgan fingerprint density at radius 2 is 1.94 bits per heavy atom. The molecule has 0 bridgehead atoms. The molecule has 2 aromatic heterocycles. The molecule has 5 nitrogen and oxygen atoms in total. The first-order chi connectivity index (χ1) is 16.9. The number of aryl methyl sites for hydroxylation is 2. The van der Waals surface area contributed by atoms with Gasteiger partial charge in [-0.25, -0.2) is 14.4 Å². The molecule has 0 radical (unpaired) electrons. The molecule has 2 aromatic carbocycles. The second-order valence-electron chi connectivity index (χ2n) is 9.65. The lowest BCUT2D eigenvalue weighted by Crippen LogP contribution is -2.50. The molecule has 182 valence electrons. The van der Waals surface area contributed by atoms with Gasteiger partial charge < -0.3 is 9.32 Å². The molecule has 4 aromatic rings. The Morgan fingerprint density at radius 3 is 2.69 bits per heavy atom. The number of thiazole rings is 1. The highest BCUT2D eigenvalue weighted by Gasteiger charge is 2.37. The molecule has 3 heterocycles. The van der Waals surface area contributed by atoms with Crippen molar-refractivity contribution in [1.82, 2.24) is 14.9 Å². The Labute approximate surface area is 209 Å². The number of piperidine rings is 1. The van der Waals surface area contributed by atoms with Crippen LogP contribution in [0.4, 0.5) is 4.39 Å². The van der Waals surface area contributed by atoms with Gasteiger partial charge in [0.05, 0.1) is 9.88 Å². The molecule has 35 heavy (non-hydrogen) atoms. The summed E-state index contributed by atoms with van der Waals surface area (Å²) >= 11 is 1.48. The van der Waals surface area contributed by atoms with Crippen molar-refractivity contribution >= 4 is 28.3 Å². The van der Waals surface area contributed by atoms with Gasteiger partial charge in [-0.3, -0.25) is 4.79 Å². The van der Waals surface area contributed by atoms with Crippen LogP contribution < -0.4 is 0 Å². The van der Waals surface area contributed by atoms with Crippen molar-refractivity contribution in [1.29, 1.82) is 0 Å². The standard InChI is InChI=1S/C28H30FN3O2S/c1-17(2)21-7-6-16-32(23(21)14-15-25-31-22-8-4-5-9-24(22)34-25)28(33)26-27(35-18(3)30-26)19-10-12-20(29)13-11-19/h4-5,8-13,17,21,23H,6-7,14-16H2,1-3H3/t21-,23+/m0/s1. The third-order valence-corrected chi connectivity index (χ3v) is 8.00. The van der Waals surface area contributed by atoms with E-state index in [2.05, 4.69) is 23.8 Å². The highest BCUT2D eigenvalue weighted by Crippen LogP contribution is 2.36. The molecule has 1 fully saturated rings. The zero-order chi connectivity index (χ0) is 24.5. The Balaban J connectivity index is 1.43. The summed E-state index contributed by atoms with van der Waals surface area (Å²) in [6, 6.07) is 14.2. The van der Waals surface area contributed by atoms with Crippen molar-refractivity contribution in [3.63, 3.8) is 0 Å². The summed E-state index contributed by atoms with van der Waals surface area (Å²) in [5.74, 6) is 1.22. The normalized spacial score (nSPS) is 18.5. The Morgan fingerprint density at radius 1 is 1.17 bits per heavy atom. The largest absolute Gasteiger partial charge is 0.441 e. The maximum absolute atomic E-state index is 14.0. The Bertz CT molecular complexity index is 1290. The van der Waals surface area contributed by atoms with Crippen LogP contribution >= 0.6 is 11.3 Å². The number of likely N-dealkylation sites (tertiary alicyclic amines) is 1. The highest BCUT2D eigenvalue weighted by molar-refractivity contribution is 7.15. The molecule has 0 N–H and O–H groups in total. The molecule has 5 rings (SSSR count). The van der Waals surface area contributed by atoms with Crippen molar-refractivity contribution in [3.05, 3.63) is 70.9 Å². The third-order valence-electron chi connectivity index (χ3n) is 6.98. The lowest BCUT2D eigenvalue weighted by Gasteiger charge is -2.43. The number of halogens is 1. The summed E-state index contributed by atoms with van der Waals surface area (Å²) in [6.45, 7) is 7.09. The van der Waals surface area contributed by atoms with Gasteiger partial charge in [-0.1, -0.05) is 38.1 Å². The summed E-state index contributed by atoms with van der Waals surface area (Å²) in [4.78, 5) is 26.1. The van der Waals surface area contributed by atoms with Gasteiger partial charge in [0.25, 0.3) is 5.91 Å². The number of amides is 1. The summed E-state index contributed by atoms with van der Waals surface area (Å²) in [5.41, 5.74) is 2.94. The van der Waals surface area contributed by atoms with Crippen molar-refractivity contribution in [3.8, 4) is 10.4 Å². The van der Waals surface area contributed by atoms with E-state index in [1.165, 1.54) is 23.5 Å². The first kappa shape index (κ1) is 23.7. The number of hydrogen-bond donors (Lipinski definition) is 0. The molecule has 0 aliphatic carbocycles. The van der Waals surface area contributed by atoms with Crippen molar-refractivity contribution in [2.24, 2.45) is 11.8 Å². The van der Waals surface area contributed by atoms with Gasteiger partial charge in [0.15, 0.2) is 11.5 Å². The van der Waals surface area contributed by atoms with Gasteiger partial charge >= 0.3 is 0 Å². The number of nitrogens with zero attached hydrogens (tertiary/aromatic N) is 3. The number of para-hydroxylation sites is 2. The summed E-state index contributed by atoms with van der Waals surface area (Å²) < 4.78 is 19.5. The van der Waals surface area contributed by atoms with Crippen LogP contribution in [0.2, 0.25) is 0 Å². The minimum Gasteiger partial charge on any atom is -0.441 e. The molecule has 0 spiro atoms. The van der Waals surface area contributed by atoms with Crippen LogP contribution in [0.25, 0.3) is 21.5 Å². The van der Waals surface area contributed by atoms with E-state index in [1.807, 2.05) is 36.1 Å². The number of carbonyl (C=O) groups is 1. The van der Waals surface area contributed by atoms with Gasteiger partial charge in [-0.2, -0.15) is 0 Å². The monoisotopic (exact) mass is 491 g/mol. The van der Waals surface area contributed by atoms with E-state index in [9.17, 15) is 9.18 Å². The number of aromatic nitrogens is 2. The van der Waals surface area contributed by atoms with E-state index < -0.39 is 0 Å². The first-order valence-electron chi connectivity index (χ1n) is 12.3. The van der Waals surface area contributed by atoms with Crippen LogP contribution in [0.5, 0.6) is 0 Å². The number of benzene rings is 2. The zero-order valence-corrected chi connectivity index (χ0v) is 21.1. The van der Waals surface area contributed by atoms with Crippen LogP contribution in [0, 0.1) is 24.6 Å². The van der Waals surface area contributed by atoms with Crippen LogP contribution in [-0.4, -0.2) is 33.4 Å². The summed E-state index contributed by atoms with van der Waals surface area (Å²) in [6.07, 6.45) is 3.53. The van der Waals surface area contributed by atoms with Crippen LogP contribution in [0.15, 0.2) is 52.9 Å². The summed E-state index contributed by atoms with van der Waals surface area (Å²) in [5, 5.41) is 0.827. The van der Waals surface area contributed by atoms with E-state index in [0.29, 0.717) is 36.4 Å². The van der Waals surface area contributed by atoms with Crippen LogP contribution in [0.1, 0.15) is 54.5 Å². The number of rotatable bonds is 6. The molecule has 2 atom stereocenters. The fraction of sp³-hybridized carbons (Fsp3) is 0.393. The molecule has 7 heteroatoms. The maximum Gasteiger partial charge on any atom is 0.274 e. The van der Waals surface area contributed by atoms with E-state index in [-0.39, 0.29) is 17.8 Å². The maximum atomic E-state index is 14.0. The van der Waals surface area contributed by atoms with Gasteiger partial charge in [-0.15, -0.1) is 11.3 Å². The van der Waals surface area contributed by atoms with Gasteiger partial charge in [0, 0.05) is 19.0 Å². The van der Waals surface area contributed by atoms with E-state index in [1.54, 1.807) is 12.1 Å². The molecule has 0 saturated carbocycles. The van der Waals surface area contributed by atoms with Crippen molar-refractivity contribution < 1.29 is 13.6 Å².